The highest BCUT2D eigenvalue weighted by Crippen LogP contribution is 2.28. The molecule has 0 saturated carbocycles. The molecule has 0 saturated heterocycles. The summed E-state index contributed by atoms with van der Waals surface area (Å²) in [7, 11) is -0.663. The predicted octanol–water partition coefficient (Wildman–Crippen LogP) is 4.30. The van der Waals surface area contributed by atoms with Crippen LogP contribution in [-0.4, -0.2) is 14.0 Å². The van der Waals surface area contributed by atoms with Crippen molar-refractivity contribution >= 4 is 19.9 Å². The van der Waals surface area contributed by atoms with E-state index in [2.05, 4.69) is 64.2 Å². The SMILES string of the molecule is C[Si](C)OCc1ccc2cccc(C(C)(C)C)c2n1. The van der Waals surface area contributed by atoms with Crippen LogP contribution in [-0.2, 0) is 16.4 Å². The minimum atomic E-state index is -0.663. The molecule has 0 atom stereocenters. The van der Waals surface area contributed by atoms with Crippen LogP contribution in [0.3, 0.4) is 0 Å². The van der Waals surface area contributed by atoms with Gasteiger partial charge in [-0.1, -0.05) is 45.0 Å². The monoisotopic (exact) mass is 272 g/mol. The van der Waals surface area contributed by atoms with E-state index >= 15 is 0 Å². The van der Waals surface area contributed by atoms with E-state index in [9.17, 15) is 0 Å². The molecule has 3 heteroatoms. The highest BCUT2D eigenvalue weighted by atomic mass is 28.3. The van der Waals surface area contributed by atoms with Crippen molar-refractivity contribution in [2.45, 2.75) is 45.9 Å². The minimum absolute atomic E-state index is 0.108. The van der Waals surface area contributed by atoms with Crippen molar-refractivity contribution < 1.29 is 4.43 Å². The topological polar surface area (TPSA) is 22.1 Å². The lowest BCUT2D eigenvalue weighted by Crippen LogP contribution is -2.13. The standard InChI is InChI=1S/C16H22NOSi/c1-16(2,3)14-8-6-7-12-9-10-13(17-15(12)14)11-18-19(4)5/h6-10H,11H2,1-5H3. The van der Waals surface area contributed by atoms with Gasteiger partial charge in [0.1, 0.15) is 0 Å². The van der Waals surface area contributed by atoms with Gasteiger partial charge in [0.05, 0.1) is 17.8 Å². The van der Waals surface area contributed by atoms with Gasteiger partial charge in [0.15, 0.2) is 0 Å². The lowest BCUT2D eigenvalue weighted by molar-refractivity contribution is 0.310. The van der Waals surface area contributed by atoms with Crippen LogP contribution in [0, 0.1) is 0 Å². The summed E-state index contributed by atoms with van der Waals surface area (Å²) in [6.45, 7) is 11.6. The van der Waals surface area contributed by atoms with Gasteiger partial charge in [-0.3, -0.25) is 4.98 Å². The van der Waals surface area contributed by atoms with Gasteiger partial charge in [-0.05, 0) is 30.1 Å². The number of aromatic nitrogens is 1. The largest absolute Gasteiger partial charge is 0.411 e. The summed E-state index contributed by atoms with van der Waals surface area (Å²) < 4.78 is 5.74. The summed E-state index contributed by atoms with van der Waals surface area (Å²) in [6, 6.07) is 10.6. The zero-order chi connectivity index (χ0) is 14.0. The van der Waals surface area contributed by atoms with Crippen LogP contribution in [0.4, 0.5) is 0 Å². The van der Waals surface area contributed by atoms with E-state index < -0.39 is 9.04 Å². The fourth-order valence-electron chi connectivity index (χ4n) is 2.09. The minimum Gasteiger partial charge on any atom is -0.411 e. The molecule has 0 aliphatic rings. The molecule has 0 aliphatic heterocycles. The molecule has 101 valence electrons. The van der Waals surface area contributed by atoms with E-state index in [1.54, 1.807) is 0 Å². The Labute approximate surface area is 117 Å². The van der Waals surface area contributed by atoms with Crippen molar-refractivity contribution in [3.8, 4) is 0 Å². The van der Waals surface area contributed by atoms with E-state index in [1.807, 2.05) is 0 Å². The molecule has 2 aromatic rings. The van der Waals surface area contributed by atoms with Crippen molar-refractivity contribution in [2.75, 3.05) is 0 Å². The van der Waals surface area contributed by atoms with E-state index in [0.29, 0.717) is 6.61 Å². The lowest BCUT2D eigenvalue weighted by Gasteiger charge is -2.21. The Kier molecular flexibility index (Phi) is 4.06. The number of rotatable bonds is 3. The van der Waals surface area contributed by atoms with Crippen LogP contribution >= 0.6 is 0 Å². The van der Waals surface area contributed by atoms with Crippen molar-refractivity contribution in [1.82, 2.24) is 4.98 Å². The van der Waals surface area contributed by atoms with E-state index in [1.165, 1.54) is 10.9 Å². The summed E-state index contributed by atoms with van der Waals surface area (Å²) in [4.78, 5) is 4.80. The van der Waals surface area contributed by atoms with Gasteiger partial charge in [0.25, 0.3) is 0 Å². The fourth-order valence-corrected chi connectivity index (χ4v) is 2.53. The molecule has 0 N–H and O–H groups in total. The van der Waals surface area contributed by atoms with Crippen LogP contribution in [0.25, 0.3) is 10.9 Å². The number of hydrogen-bond donors (Lipinski definition) is 0. The highest BCUT2D eigenvalue weighted by Gasteiger charge is 2.17. The van der Waals surface area contributed by atoms with Crippen molar-refractivity contribution in [3.63, 3.8) is 0 Å². The molecule has 0 amide bonds. The second-order valence-corrected chi connectivity index (χ2v) is 8.23. The Bertz CT molecular complexity index is 572. The number of pyridine rings is 1. The number of para-hydroxylation sites is 1. The Morgan fingerprint density at radius 2 is 1.84 bits per heavy atom. The zero-order valence-electron chi connectivity index (χ0n) is 12.4. The van der Waals surface area contributed by atoms with Gasteiger partial charge in [-0.2, -0.15) is 0 Å². The third kappa shape index (κ3) is 3.42. The average molecular weight is 272 g/mol. The van der Waals surface area contributed by atoms with Gasteiger partial charge in [-0.15, -0.1) is 0 Å². The molecule has 2 rings (SSSR count). The van der Waals surface area contributed by atoms with Gasteiger partial charge >= 0.3 is 0 Å². The van der Waals surface area contributed by atoms with Crippen LogP contribution in [0.2, 0.25) is 13.1 Å². The van der Waals surface area contributed by atoms with Gasteiger partial charge in [0, 0.05) is 5.39 Å². The van der Waals surface area contributed by atoms with Crippen LogP contribution in [0.1, 0.15) is 32.0 Å². The molecule has 19 heavy (non-hydrogen) atoms. The molecule has 2 nitrogen and oxygen atoms in total. The summed E-state index contributed by atoms with van der Waals surface area (Å²) in [5, 5.41) is 1.20. The third-order valence-electron chi connectivity index (χ3n) is 3.09. The molecule has 0 fully saturated rings. The first-order valence-electron chi connectivity index (χ1n) is 6.70. The van der Waals surface area contributed by atoms with Crippen molar-refractivity contribution in [1.29, 1.82) is 0 Å². The number of hydrogen-bond acceptors (Lipinski definition) is 2. The molecule has 1 heterocycles. The van der Waals surface area contributed by atoms with E-state index in [-0.39, 0.29) is 5.41 Å². The molecular weight excluding hydrogens is 250 g/mol. The van der Waals surface area contributed by atoms with Gasteiger partial charge in [-0.25, -0.2) is 0 Å². The molecule has 0 unspecified atom stereocenters. The first-order valence-corrected chi connectivity index (χ1v) is 9.11. The van der Waals surface area contributed by atoms with Gasteiger partial charge < -0.3 is 4.43 Å². The molecule has 0 spiro atoms. The Morgan fingerprint density at radius 1 is 1.11 bits per heavy atom. The zero-order valence-corrected chi connectivity index (χ0v) is 13.4. The van der Waals surface area contributed by atoms with Crippen LogP contribution in [0.15, 0.2) is 30.3 Å². The molecular formula is C16H22NOSi. The maximum absolute atomic E-state index is 5.74. The molecule has 1 radical (unpaired) electrons. The van der Waals surface area contributed by atoms with Gasteiger partial charge in [0.2, 0.25) is 9.04 Å². The normalized spacial score (nSPS) is 12.3. The van der Waals surface area contributed by atoms with Crippen LogP contribution < -0.4 is 0 Å². The first kappa shape index (κ1) is 14.2. The summed E-state index contributed by atoms with van der Waals surface area (Å²) >= 11 is 0. The quantitative estimate of drug-likeness (QED) is 0.777. The first-order chi connectivity index (χ1) is 8.88. The summed E-state index contributed by atoms with van der Waals surface area (Å²) in [5.41, 5.74) is 3.54. The second-order valence-electron chi connectivity index (χ2n) is 6.13. The fraction of sp³-hybridized carbons (Fsp3) is 0.438. The second kappa shape index (κ2) is 5.43. The summed E-state index contributed by atoms with van der Waals surface area (Å²) in [5.74, 6) is 0. The molecule has 0 bridgehead atoms. The predicted molar refractivity (Wildman–Crippen MR) is 82.7 cm³/mol. The number of fused-ring (bicyclic) bond motifs is 1. The van der Waals surface area contributed by atoms with Crippen molar-refractivity contribution in [3.05, 3.63) is 41.6 Å². The maximum Gasteiger partial charge on any atom is 0.205 e. The van der Waals surface area contributed by atoms with E-state index in [0.717, 1.165) is 11.2 Å². The lowest BCUT2D eigenvalue weighted by atomic mass is 9.85. The molecule has 1 aromatic heterocycles. The summed E-state index contributed by atoms with van der Waals surface area (Å²) in [6.07, 6.45) is 0. The number of nitrogens with zero attached hydrogens (tertiary/aromatic N) is 1. The van der Waals surface area contributed by atoms with E-state index in [4.69, 9.17) is 9.41 Å². The smallest absolute Gasteiger partial charge is 0.205 e. The highest BCUT2D eigenvalue weighted by molar-refractivity contribution is 6.48. The molecule has 1 aromatic carbocycles. The van der Waals surface area contributed by atoms with Crippen LogP contribution in [0.5, 0.6) is 0 Å². The average Bonchev–Trinajstić information content (AvgIpc) is 2.34. The maximum atomic E-state index is 5.74. The third-order valence-corrected chi connectivity index (χ3v) is 3.82. The van der Waals surface area contributed by atoms with Crippen molar-refractivity contribution in [2.24, 2.45) is 0 Å². The number of benzene rings is 1. The molecule has 0 aliphatic carbocycles. The Hall–Kier alpha value is -1.19. The Balaban J connectivity index is 2.45. The Morgan fingerprint density at radius 3 is 2.47 bits per heavy atom.